The van der Waals surface area contributed by atoms with Crippen LogP contribution in [0.15, 0.2) is 36.4 Å². The van der Waals surface area contributed by atoms with Crippen LogP contribution in [0.5, 0.6) is 11.5 Å². The normalized spacial score (nSPS) is 19.6. The van der Waals surface area contributed by atoms with E-state index in [0.717, 1.165) is 24.3 Å². The zero-order chi connectivity index (χ0) is 15.8. The van der Waals surface area contributed by atoms with Gasteiger partial charge in [0.05, 0.1) is 22.0 Å². The average Bonchev–Trinajstić information content (AvgIpc) is 3.45. The van der Waals surface area contributed by atoms with E-state index in [0.29, 0.717) is 5.40 Å². The molecule has 2 aromatic carbocycles. The van der Waals surface area contributed by atoms with E-state index in [1.807, 2.05) is 6.07 Å². The van der Waals surface area contributed by atoms with Crippen molar-refractivity contribution in [3.63, 3.8) is 0 Å². The van der Waals surface area contributed by atoms with Crippen LogP contribution in [0.4, 0.5) is 0 Å². The number of fused-ring (bicyclic) bond motifs is 1. The Morgan fingerprint density at radius 3 is 2.61 bits per heavy atom. The molecule has 1 aliphatic heterocycles. The van der Waals surface area contributed by atoms with Gasteiger partial charge in [-0.2, -0.15) is 0 Å². The summed E-state index contributed by atoms with van der Waals surface area (Å²) in [6, 6.07) is 12.9. The lowest BCUT2D eigenvalue weighted by molar-refractivity contribution is 0.414. The molecule has 5 heteroatoms. The Bertz CT molecular complexity index is 821. The summed E-state index contributed by atoms with van der Waals surface area (Å²) in [5.41, 5.74) is 6.95. The third-order valence-electron chi connectivity index (χ3n) is 4.36. The molecule has 1 unspecified atom stereocenters. The largest absolute Gasteiger partial charge is 0.497 e. The van der Waals surface area contributed by atoms with Gasteiger partial charge in [-0.3, -0.25) is 0 Å². The zero-order valence-corrected chi connectivity index (χ0v) is 15.8. The number of hydrogen-bond acceptors (Lipinski definition) is 2. The maximum atomic E-state index is 5.42. The van der Waals surface area contributed by atoms with Crippen LogP contribution in [0.1, 0.15) is 34.1 Å². The monoisotopic (exact) mass is 358 g/mol. The van der Waals surface area contributed by atoms with Gasteiger partial charge in [-0.15, -0.1) is 0 Å². The standard InChI is InChI=1S/C18H17O2P3/c1-19-14-6-7-16(17(10-14)18-22-23-18)13-3-2-12-9-15(20-21)5-4-11(12)8-13/h4-10,18H,2-3,21H2,1H3. The second-order valence-electron chi connectivity index (χ2n) is 5.71. The van der Waals surface area contributed by atoms with Gasteiger partial charge in [-0.05, 0) is 64.9 Å². The van der Waals surface area contributed by atoms with Crippen molar-refractivity contribution in [1.29, 1.82) is 0 Å². The summed E-state index contributed by atoms with van der Waals surface area (Å²) in [5.74, 6) is 1.87. The lowest BCUT2D eigenvalue weighted by Crippen LogP contribution is -2.01. The molecule has 0 fully saturated rings. The first-order chi connectivity index (χ1) is 11.3. The molecule has 23 heavy (non-hydrogen) atoms. The van der Waals surface area contributed by atoms with Gasteiger partial charge in [0.25, 0.3) is 0 Å². The maximum absolute atomic E-state index is 5.42. The number of methoxy groups -OCH3 is 1. The number of benzene rings is 2. The number of allylic oxidation sites excluding steroid dienone is 1. The van der Waals surface area contributed by atoms with Gasteiger partial charge in [0, 0.05) is 0 Å². The first-order valence-electron chi connectivity index (χ1n) is 7.57. The minimum Gasteiger partial charge on any atom is -0.497 e. The highest BCUT2D eigenvalue weighted by Gasteiger charge is 2.23. The van der Waals surface area contributed by atoms with Crippen molar-refractivity contribution in [2.75, 3.05) is 7.11 Å². The van der Waals surface area contributed by atoms with E-state index in [1.165, 1.54) is 43.6 Å². The van der Waals surface area contributed by atoms with Crippen molar-refractivity contribution < 1.29 is 9.26 Å². The second-order valence-corrected chi connectivity index (χ2v) is 9.23. The summed E-state index contributed by atoms with van der Waals surface area (Å²) in [6.45, 7) is 0. The molecule has 116 valence electrons. The van der Waals surface area contributed by atoms with Crippen molar-refractivity contribution >= 4 is 36.9 Å². The van der Waals surface area contributed by atoms with E-state index in [-0.39, 0.29) is 0 Å². The van der Waals surface area contributed by atoms with Gasteiger partial charge in [0.2, 0.25) is 0 Å². The van der Waals surface area contributed by atoms with Crippen LogP contribution >= 0.6 is 25.2 Å². The minimum absolute atomic E-state index is 0.662. The van der Waals surface area contributed by atoms with Crippen molar-refractivity contribution in [2.24, 2.45) is 0 Å². The van der Waals surface area contributed by atoms with E-state index in [4.69, 9.17) is 9.26 Å². The van der Waals surface area contributed by atoms with Gasteiger partial charge in [-0.25, -0.2) is 0 Å². The summed E-state index contributed by atoms with van der Waals surface area (Å²) < 4.78 is 10.7. The lowest BCUT2D eigenvalue weighted by Gasteiger charge is -2.20. The third kappa shape index (κ3) is 3.09. The Balaban J connectivity index is 1.74. The van der Waals surface area contributed by atoms with Crippen LogP contribution < -0.4 is 9.26 Å². The van der Waals surface area contributed by atoms with Gasteiger partial charge in [0.1, 0.15) is 11.5 Å². The SMILES string of the molecule is COc1ccc(C2=Cc3ccc(OP)cc3CC2)c(C2P=P2)c1. The zero-order valence-electron chi connectivity index (χ0n) is 12.8. The van der Waals surface area contributed by atoms with Gasteiger partial charge in [-0.1, -0.05) is 33.9 Å². The summed E-state index contributed by atoms with van der Waals surface area (Å²) >= 11 is 0. The number of ether oxygens (including phenoxy) is 1. The Morgan fingerprint density at radius 1 is 1.04 bits per heavy atom. The maximum Gasteiger partial charge on any atom is 0.122 e. The van der Waals surface area contributed by atoms with E-state index >= 15 is 0 Å². The molecule has 1 atom stereocenters. The minimum atomic E-state index is 0.662. The molecule has 0 amide bonds. The molecule has 0 saturated carbocycles. The molecular formula is C18H17O2P3. The third-order valence-corrected chi connectivity index (χ3v) is 7.03. The van der Waals surface area contributed by atoms with E-state index in [2.05, 4.69) is 45.9 Å². The molecule has 2 aromatic rings. The second kappa shape index (κ2) is 6.37. The molecule has 0 spiro atoms. The molecule has 4 rings (SSSR count). The number of hydrogen-bond donors (Lipinski definition) is 0. The number of rotatable bonds is 4. The molecule has 0 radical (unpaired) electrons. The van der Waals surface area contributed by atoms with Crippen molar-refractivity contribution in [2.45, 2.75) is 18.2 Å². The predicted molar refractivity (Wildman–Crippen MR) is 103 cm³/mol. The van der Waals surface area contributed by atoms with Crippen molar-refractivity contribution in [1.82, 2.24) is 0 Å². The fraction of sp³-hybridized carbons (Fsp3) is 0.222. The van der Waals surface area contributed by atoms with E-state index < -0.39 is 0 Å². The fourth-order valence-corrected chi connectivity index (χ4v) is 4.92. The molecule has 2 nitrogen and oxygen atoms in total. The Hall–Kier alpha value is -1.19. The quantitative estimate of drug-likeness (QED) is 0.609. The highest BCUT2D eigenvalue weighted by Crippen LogP contribution is 2.62. The summed E-state index contributed by atoms with van der Waals surface area (Å²) in [7, 11) is 7.08. The van der Waals surface area contributed by atoms with Crippen LogP contribution in [0.25, 0.3) is 11.6 Å². The molecule has 1 aliphatic carbocycles. The topological polar surface area (TPSA) is 18.5 Å². The molecule has 0 N–H and O–H groups in total. The Kier molecular flexibility index (Phi) is 4.25. The van der Waals surface area contributed by atoms with Gasteiger partial charge in [0.15, 0.2) is 0 Å². The van der Waals surface area contributed by atoms with Crippen LogP contribution in [0, 0.1) is 0 Å². The average molecular weight is 358 g/mol. The molecule has 2 aliphatic rings. The van der Waals surface area contributed by atoms with Crippen molar-refractivity contribution in [3.8, 4) is 11.5 Å². The van der Waals surface area contributed by atoms with Gasteiger partial charge < -0.3 is 9.26 Å². The molecular weight excluding hydrogens is 341 g/mol. The molecule has 0 saturated heterocycles. The summed E-state index contributed by atoms with van der Waals surface area (Å²) in [6.07, 6.45) is 4.48. The van der Waals surface area contributed by atoms with Gasteiger partial charge >= 0.3 is 0 Å². The van der Waals surface area contributed by atoms with Crippen LogP contribution in [-0.4, -0.2) is 7.11 Å². The first kappa shape index (κ1) is 15.3. The van der Waals surface area contributed by atoms with Crippen molar-refractivity contribution in [3.05, 3.63) is 58.7 Å². The Labute approximate surface area is 142 Å². The van der Waals surface area contributed by atoms with Crippen LogP contribution in [0.2, 0.25) is 0 Å². The van der Waals surface area contributed by atoms with E-state index in [1.54, 1.807) is 7.11 Å². The lowest BCUT2D eigenvalue weighted by atomic mass is 9.87. The highest BCUT2D eigenvalue weighted by atomic mass is 31.8. The molecule has 0 bridgehead atoms. The summed E-state index contributed by atoms with van der Waals surface area (Å²) in [5, 5.41) is 0.662. The first-order valence-corrected chi connectivity index (χ1v) is 10.7. The highest BCUT2D eigenvalue weighted by molar-refractivity contribution is 8.01. The van der Waals surface area contributed by atoms with E-state index in [9.17, 15) is 0 Å². The van der Waals surface area contributed by atoms with Crippen LogP contribution in [-0.2, 0) is 6.42 Å². The molecule has 1 heterocycles. The smallest absolute Gasteiger partial charge is 0.122 e. The molecule has 0 aromatic heterocycles. The van der Waals surface area contributed by atoms with Crippen LogP contribution in [0.3, 0.4) is 0 Å². The summed E-state index contributed by atoms with van der Waals surface area (Å²) in [4.78, 5) is 0. The Morgan fingerprint density at radius 2 is 1.87 bits per heavy atom. The predicted octanol–water partition coefficient (Wildman–Crippen LogP) is 6.17. The number of aryl methyl sites for hydroxylation is 1. The fourth-order valence-electron chi connectivity index (χ4n) is 3.09.